The molecule has 0 bridgehead atoms. The predicted octanol–water partition coefficient (Wildman–Crippen LogP) is 5.88. The lowest BCUT2D eigenvalue weighted by Crippen LogP contribution is -2.30. The van der Waals surface area contributed by atoms with Crippen LogP contribution in [0.2, 0.25) is 0 Å². The highest BCUT2D eigenvalue weighted by Crippen LogP contribution is 2.43. The van der Waals surface area contributed by atoms with Gasteiger partial charge >= 0.3 is 27.6 Å². The molecule has 0 aliphatic heterocycles. The van der Waals surface area contributed by atoms with Crippen molar-refractivity contribution in [3.63, 3.8) is 0 Å². The van der Waals surface area contributed by atoms with Crippen LogP contribution in [0.5, 0.6) is 0 Å². The predicted molar refractivity (Wildman–Crippen MR) is 211 cm³/mol. The lowest BCUT2D eigenvalue weighted by atomic mass is 10.0. The Morgan fingerprint density at radius 1 is 0.607 bits per heavy atom. The molecule has 0 amide bonds. The van der Waals surface area contributed by atoms with Gasteiger partial charge in [-0.15, -0.1) is 0 Å². The third kappa shape index (κ3) is 35.1. The van der Waals surface area contributed by atoms with Crippen LogP contribution in [0.1, 0.15) is 117 Å². The Morgan fingerprint density at radius 3 is 1.80 bits per heavy atom. The number of hydrogen-bond donors (Lipinski definition) is 7. The quantitative estimate of drug-likeness (QED) is 0.0170. The molecular formula is C38H68O16P2. The van der Waals surface area contributed by atoms with Crippen molar-refractivity contribution >= 4 is 27.6 Å². The zero-order valence-corrected chi connectivity index (χ0v) is 35.0. The van der Waals surface area contributed by atoms with Gasteiger partial charge in [-0.05, 0) is 31.6 Å². The molecule has 56 heavy (non-hydrogen) atoms. The summed E-state index contributed by atoms with van der Waals surface area (Å²) < 4.78 is 47.3. The van der Waals surface area contributed by atoms with Crippen LogP contribution in [0.15, 0.2) is 48.6 Å². The smallest absolute Gasteiger partial charge is 0.462 e. The number of aliphatic hydroxyl groups is 4. The molecule has 7 N–H and O–H groups in total. The van der Waals surface area contributed by atoms with E-state index in [0.717, 1.165) is 51.4 Å². The molecule has 18 heteroatoms. The largest absolute Gasteiger partial charge is 0.472 e. The van der Waals surface area contributed by atoms with Gasteiger partial charge in [-0.25, -0.2) is 9.13 Å². The molecule has 0 aliphatic rings. The Labute approximate surface area is 332 Å². The number of esters is 2. The van der Waals surface area contributed by atoms with Crippen molar-refractivity contribution in [3.8, 4) is 0 Å². The lowest BCUT2D eigenvalue weighted by molar-refractivity contribution is -0.161. The lowest BCUT2D eigenvalue weighted by Gasteiger charge is -2.21. The molecule has 0 aromatic carbocycles. The maximum Gasteiger partial charge on any atom is 0.472 e. The van der Waals surface area contributed by atoms with Crippen LogP contribution >= 0.6 is 15.6 Å². The van der Waals surface area contributed by atoms with Crippen molar-refractivity contribution in [2.75, 3.05) is 26.4 Å². The fourth-order valence-electron chi connectivity index (χ4n) is 4.86. The number of unbranched alkanes of at least 4 members (excludes halogenated alkanes) is 7. The third-order valence-corrected chi connectivity index (χ3v) is 9.44. The number of hydrogen-bond acceptors (Lipinski definition) is 13. The van der Waals surface area contributed by atoms with Gasteiger partial charge < -0.3 is 44.6 Å². The summed E-state index contributed by atoms with van der Waals surface area (Å²) in [6, 6.07) is 0. The summed E-state index contributed by atoms with van der Waals surface area (Å²) in [7, 11) is -9.80. The molecule has 0 rings (SSSR count). The summed E-state index contributed by atoms with van der Waals surface area (Å²) in [6.07, 6.45) is 18.2. The van der Waals surface area contributed by atoms with Crippen LogP contribution in [0.3, 0.4) is 0 Å². The molecule has 1 unspecified atom stereocenters. The molecule has 0 aromatic rings. The summed E-state index contributed by atoms with van der Waals surface area (Å²) in [5, 5.41) is 40.1. The summed E-state index contributed by atoms with van der Waals surface area (Å²) in [5.74, 6) is -0.701. The topological polar surface area (TPSA) is 256 Å². The fourth-order valence-corrected chi connectivity index (χ4v) is 6.01. The zero-order chi connectivity index (χ0) is 42.2. The number of rotatable bonds is 35. The number of phosphoric acid groups is 2. The number of carbonyl (C=O) groups is 2. The first-order valence-electron chi connectivity index (χ1n) is 19.5. The first-order valence-corrected chi connectivity index (χ1v) is 22.5. The molecular weight excluding hydrogens is 774 g/mol. The van der Waals surface area contributed by atoms with Crippen LogP contribution in [0.25, 0.3) is 0 Å². The standard InChI is InChI=1S/C38H68O16P2/c1-4-5-14-21-32(39)22-16-11-7-8-12-17-23-35(41)36(42)24-19-26-38(44)54-34(29-50-37(43)25-18-13-9-6-10-15-20-31(2)3)30-53-56(48,49)52-28-33(40)27-51-55(45,46)47/h7-8,11-12,16-17,22-23,31-36,39-42H,4-6,9-10,13-15,18-21,24-30H2,1-3H3,(H,48,49)(H2,45,46,47)/b11-7-,12-8+,22-16+,23-17+/t32-,33-,34+,35-,36-/m0/s1. The molecule has 16 nitrogen and oxygen atoms in total. The highest BCUT2D eigenvalue weighted by molar-refractivity contribution is 7.47. The maximum atomic E-state index is 12.6. The van der Waals surface area contributed by atoms with Crippen molar-refractivity contribution in [2.45, 2.75) is 148 Å². The summed E-state index contributed by atoms with van der Waals surface area (Å²) in [5.41, 5.74) is 0. The number of carbonyl (C=O) groups excluding carboxylic acids is 2. The molecule has 0 spiro atoms. The number of ether oxygens (including phenoxy) is 2. The van der Waals surface area contributed by atoms with Crippen LogP contribution in [0, 0.1) is 5.92 Å². The van der Waals surface area contributed by atoms with Gasteiger partial charge in [0.1, 0.15) is 12.7 Å². The Bertz CT molecular complexity index is 1250. The summed E-state index contributed by atoms with van der Waals surface area (Å²) in [4.78, 5) is 52.4. The second-order valence-electron chi connectivity index (χ2n) is 13.9. The molecule has 6 atom stereocenters. The molecule has 0 heterocycles. The van der Waals surface area contributed by atoms with Gasteiger partial charge in [0.15, 0.2) is 6.10 Å². The Kier molecular flexibility index (Phi) is 31.7. The van der Waals surface area contributed by atoms with E-state index in [-0.39, 0.29) is 25.7 Å². The van der Waals surface area contributed by atoms with Gasteiger partial charge in [-0.3, -0.25) is 23.2 Å². The van der Waals surface area contributed by atoms with Gasteiger partial charge in [0.2, 0.25) is 0 Å². The highest BCUT2D eigenvalue weighted by atomic mass is 31.2. The second kappa shape index (κ2) is 32.9. The average Bonchev–Trinajstić information content (AvgIpc) is 3.12. The van der Waals surface area contributed by atoms with Gasteiger partial charge in [-0.1, -0.05) is 127 Å². The number of allylic oxidation sites excluding steroid dienone is 6. The average molecular weight is 843 g/mol. The van der Waals surface area contributed by atoms with Crippen molar-refractivity contribution in [1.29, 1.82) is 0 Å². The maximum absolute atomic E-state index is 12.6. The van der Waals surface area contributed by atoms with Gasteiger partial charge in [0.25, 0.3) is 0 Å². The van der Waals surface area contributed by atoms with E-state index in [1.807, 2.05) is 0 Å². The van der Waals surface area contributed by atoms with Gasteiger partial charge in [0.05, 0.1) is 38.1 Å². The van der Waals surface area contributed by atoms with E-state index in [0.29, 0.717) is 12.3 Å². The minimum absolute atomic E-state index is 0.0250. The van der Waals surface area contributed by atoms with Crippen molar-refractivity contribution < 1.29 is 76.9 Å². The highest BCUT2D eigenvalue weighted by Gasteiger charge is 2.28. The summed E-state index contributed by atoms with van der Waals surface area (Å²) >= 11 is 0. The van der Waals surface area contributed by atoms with Crippen LogP contribution in [0.4, 0.5) is 0 Å². The van der Waals surface area contributed by atoms with Crippen molar-refractivity contribution in [2.24, 2.45) is 5.92 Å². The van der Waals surface area contributed by atoms with E-state index in [1.165, 1.54) is 18.9 Å². The molecule has 0 aliphatic carbocycles. The first kappa shape index (κ1) is 54.0. The zero-order valence-electron chi connectivity index (χ0n) is 33.2. The van der Waals surface area contributed by atoms with E-state index in [9.17, 15) is 44.0 Å². The minimum Gasteiger partial charge on any atom is -0.462 e. The third-order valence-electron chi connectivity index (χ3n) is 8.01. The monoisotopic (exact) mass is 842 g/mol. The van der Waals surface area contributed by atoms with E-state index in [4.69, 9.17) is 23.8 Å². The molecule has 0 aromatic heterocycles. The van der Waals surface area contributed by atoms with E-state index < -0.39 is 84.5 Å². The second-order valence-corrected chi connectivity index (χ2v) is 16.6. The molecule has 0 saturated heterocycles. The van der Waals surface area contributed by atoms with Crippen molar-refractivity contribution in [3.05, 3.63) is 48.6 Å². The number of phosphoric ester groups is 2. The Hall–Kier alpha value is -2.04. The molecule has 0 saturated carbocycles. The Balaban J connectivity index is 4.93. The van der Waals surface area contributed by atoms with Crippen LogP contribution in [-0.2, 0) is 41.8 Å². The fraction of sp³-hybridized carbons (Fsp3) is 0.737. The SMILES string of the molecule is CCCCC[C@H](O)/C=C/C=C\C=C\C=C\[C@H](O)[C@@H](O)CCCC(=O)O[C@H](COC(=O)CCCCCCCCC(C)C)COP(=O)(O)OC[C@@H](O)COP(=O)(O)O. The van der Waals surface area contributed by atoms with Crippen molar-refractivity contribution in [1.82, 2.24) is 0 Å². The molecule has 0 fully saturated rings. The van der Waals surface area contributed by atoms with E-state index in [1.54, 1.807) is 42.5 Å². The van der Waals surface area contributed by atoms with E-state index >= 15 is 0 Å². The van der Waals surface area contributed by atoms with Gasteiger partial charge in [0, 0.05) is 12.8 Å². The summed E-state index contributed by atoms with van der Waals surface area (Å²) in [6.45, 7) is 3.41. The normalized spacial score (nSPS) is 16.5. The van der Waals surface area contributed by atoms with Crippen LogP contribution < -0.4 is 0 Å². The Morgan fingerprint density at radius 2 is 1.16 bits per heavy atom. The van der Waals surface area contributed by atoms with E-state index in [2.05, 4.69) is 29.8 Å². The molecule has 326 valence electrons. The first-order chi connectivity index (χ1) is 26.4. The minimum atomic E-state index is -4.90. The number of aliphatic hydroxyl groups excluding tert-OH is 4. The molecule has 0 radical (unpaired) electrons. The van der Waals surface area contributed by atoms with Gasteiger partial charge in [-0.2, -0.15) is 0 Å². The van der Waals surface area contributed by atoms with Crippen LogP contribution in [-0.4, -0.2) is 104 Å².